The first-order chi connectivity index (χ1) is 16.7. The third-order valence-electron chi connectivity index (χ3n) is 7.40. The minimum Gasteiger partial charge on any atom is -0.491 e. The fraction of sp³-hybridized carbons (Fsp3) is 0.548. The number of carbonyl (C=O) groups excluding carboxylic acids is 2. The van der Waals surface area contributed by atoms with E-state index in [9.17, 15) is 14.7 Å². The smallest absolute Gasteiger partial charge is 0.339 e. The molecule has 0 saturated heterocycles. The number of hydrogen-bond donors (Lipinski definition) is 1. The Balaban J connectivity index is 1.55. The van der Waals surface area contributed by atoms with Crippen molar-refractivity contribution in [2.45, 2.75) is 79.9 Å². The Kier molecular flexibility index (Phi) is 8.34. The van der Waals surface area contributed by atoms with Gasteiger partial charge in [-0.3, -0.25) is 4.79 Å². The van der Waals surface area contributed by atoms with Crippen molar-refractivity contribution in [3.63, 3.8) is 0 Å². The Hall–Kier alpha value is -2.66. The lowest BCUT2D eigenvalue weighted by Crippen LogP contribution is -2.43. The van der Waals surface area contributed by atoms with Gasteiger partial charge in [0.15, 0.2) is 0 Å². The molecule has 0 radical (unpaired) electrons. The molecule has 1 heterocycles. The molecule has 0 amide bonds. The number of ether oxygens (including phenoxy) is 2. The second-order valence-corrected chi connectivity index (χ2v) is 12.6. The number of benzene rings is 1. The number of aliphatic hydroxyl groups is 1. The first kappa shape index (κ1) is 27.9. The molecule has 0 aromatic heterocycles. The van der Waals surface area contributed by atoms with Gasteiger partial charge in [-0.05, 0) is 41.4 Å². The fourth-order valence-electron chi connectivity index (χ4n) is 4.97. The highest BCUT2D eigenvalue weighted by molar-refractivity contribution is 6.17. The van der Waals surface area contributed by atoms with Gasteiger partial charge in [0.1, 0.15) is 24.3 Å². The molecule has 5 heteroatoms. The number of rotatable bonds is 9. The number of carbonyl (C=O) groups is 2. The van der Waals surface area contributed by atoms with Crippen LogP contribution in [0.3, 0.4) is 0 Å². The van der Waals surface area contributed by atoms with Gasteiger partial charge in [-0.15, -0.1) is 0 Å². The van der Waals surface area contributed by atoms with E-state index in [4.69, 9.17) is 9.47 Å². The molecular formula is C31H42O5. The minimum absolute atomic E-state index is 0.0245. The number of hydrogen-bond acceptors (Lipinski definition) is 5. The van der Waals surface area contributed by atoms with Crippen molar-refractivity contribution >= 4 is 17.3 Å². The summed E-state index contributed by atoms with van der Waals surface area (Å²) in [4.78, 5) is 25.8. The summed E-state index contributed by atoms with van der Waals surface area (Å²) in [6.45, 7) is 14.9. The van der Waals surface area contributed by atoms with Crippen molar-refractivity contribution in [2.24, 2.45) is 22.2 Å². The molecule has 0 bridgehead atoms. The molecule has 1 aromatic rings. The van der Waals surface area contributed by atoms with Crippen molar-refractivity contribution in [2.75, 3.05) is 6.61 Å². The minimum atomic E-state index is -0.765. The van der Waals surface area contributed by atoms with Crippen LogP contribution >= 0.6 is 0 Å². The van der Waals surface area contributed by atoms with Crippen LogP contribution in [-0.4, -0.2) is 35.7 Å². The molecule has 1 aromatic carbocycles. The molecule has 2 aliphatic rings. The molecule has 1 aliphatic carbocycles. The van der Waals surface area contributed by atoms with E-state index in [2.05, 4.69) is 48.5 Å². The number of allylic oxidation sites excluding steroid dienone is 1. The van der Waals surface area contributed by atoms with E-state index in [0.717, 1.165) is 12.0 Å². The second kappa shape index (κ2) is 10.8. The number of ketones is 1. The maximum Gasteiger partial charge on any atom is 0.339 e. The summed E-state index contributed by atoms with van der Waals surface area (Å²) in [7, 11) is 0. The number of Topliss-reactive ketones (excluding diaryl/α,β-unsaturated/α-hetero) is 1. The summed E-state index contributed by atoms with van der Waals surface area (Å²) < 4.78 is 11.5. The van der Waals surface area contributed by atoms with E-state index in [0.29, 0.717) is 24.2 Å². The van der Waals surface area contributed by atoms with Crippen LogP contribution in [0.1, 0.15) is 73.3 Å². The van der Waals surface area contributed by atoms with E-state index in [1.54, 1.807) is 6.08 Å². The molecule has 1 N–H and O–H groups in total. The van der Waals surface area contributed by atoms with E-state index < -0.39 is 17.6 Å². The average Bonchev–Trinajstić information content (AvgIpc) is 2.79. The van der Waals surface area contributed by atoms with Crippen LogP contribution in [0, 0.1) is 22.2 Å². The largest absolute Gasteiger partial charge is 0.491 e. The first-order valence-corrected chi connectivity index (χ1v) is 12.9. The van der Waals surface area contributed by atoms with Crippen molar-refractivity contribution in [1.29, 1.82) is 0 Å². The molecule has 5 nitrogen and oxygen atoms in total. The second-order valence-electron chi connectivity index (χ2n) is 12.6. The fourth-order valence-corrected chi connectivity index (χ4v) is 4.97. The molecule has 4 unspecified atom stereocenters. The molecule has 0 fully saturated rings. The average molecular weight is 495 g/mol. The van der Waals surface area contributed by atoms with Gasteiger partial charge in [0.2, 0.25) is 0 Å². The van der Waals surface area contributed by atoms with Crippen LogP contribution in [0.5, 0.6) is 0 Å². The van der Waals surface area contributed by atoms with E-state index in [1.807, 2.05) is 48.6 Å². The lowest BCUT2D eigenvalue weighted by molar-refractivity contribution is -0.141. The van der Waals surface area contributed by atoms with Crippen LogP contribution in [-0.2, 0) is 19.1 Å². The Morgan fingerprint density at radius 2 is 1.72 bits per heavy atom. The number of aliphatic hydroxyl groups excluding tert-OH is 1. The quantitative estimate of drug-likeness (QED) is 0.409. The SMILES string of the molecule is CC(C)(C)CC(C)(C(=O)CCC(O)COC1=CC2OC(=O)C(c3ccccc3)=CC2C=C1)C(C)(C)C. The summed E-state index contributed by atoms with van der Waals surface area (Å²) in [5.41, 5.74) is 0.763. The highest BCUT2D eigenvalue weighted by atomic mass is 16.5. The van der Waals surface area contributed by atoms with Crippen LogP contribution in [0.4, 0.5) is 0 Å². The predicted molar refractivity (Wildman–Crippen MR) is 143 cm³/mol. The van der Waals surface area contributed by atoms with Crippen LogP contribution in [0.2, 0.25) is 0 Å². The van der Waals surface area contributed by atoms with E-state index in [1.165, 1.54) is 0 Å². The molecule has 1 aliphatic heterocycles. The summed E-state index contributed by atoms with van der Waals surface area (Å²) >= 11 is 0. The Labute approximate surface area is 216 Å². The van der Waals surface area contributed by atoms with Crippen molar-refractivity contribution < 1.29 is 24.2 Å². The van der Waals surface area contributed by atoms with Gasteiger partial charge < -0.3 is 14.6 Å². The van der Waals surface area contributed by atoms with Crippen LogP contribution in [0.15, 0.2) is 60.4 Å². The van der Waals surface area contributed by atoms with Crippen molar-refractivity contribution in [1.82, 2.24) is 0 Å². The van der Waals surface area contributed by atoms with Gasteiger partial charge in [-0.1, -0.05) is 91.0 Å². The zero-order valence-electron chi connectivity index (χ0n) is 22.8. The zero-order chi connectivity index (χ0) is 26.7. The summed E-state index contributed by atoms with van der Waals surface area (Å²) in [5, 5.41) is 10.5. The lowest BCUT2D eigenvalue weighted by Gasteiger charge is -2.44. The maximum atomic E-state index is 13.3. The molecule has 0 saturated carbocycles. The summed E-state index contributed by atoms with van der Waals surface area (Å²) in [5.74, 6) is 0.312. The van der Waals surface area contributed by atoms with Gasteiger partial charge in [0, 0.05) is 17.8 Å². The third-order valence-corrected chi connectivity index (χ3v) is 7.40. The van der Waals surface area contributed by atoms with Crippen molar-refractivity contribution in [3.8, 4) is 0 Å². The topological polar surface area (TPSA) is 72.8 Å². The highest BCUT2D eigenvalue weighted by Crippen LogP contribution is 2.48. The van der Waals surface area contributed by atoms with Crippen LogP contribution < -0.4 is 0 Å². The highest BCUT2D eigenvalue weighted by Gasteiger charge is 2.45. The summed E-state index contributed by atoms with van der Waals surface area (Å²) in [6, 6.07) is 9.48. The maximum absolute atomic E-state index is 13.3. The van der Waals surface area contributed by atoms with Gasteiger partial charge >= 0.3 is 5.97 Å². The number of fused-ring (bicyclic) bond motifs is 1. The Morgan fingerprint density at radius 1 is 1.06 bits per heavy atom. The van der Waals surface area contributed by atoms with Gasteiger partial charge in [-0.25, -0.2) is 4.79 Å². The van der Waals surface area contributed by atoms with Crippen LogP contribution in [0.25, 0.3) is 5.57 Å². The monoisotopic (exact) mass is 494 g/mol. The standard InChI is InChI=1S/C31H42O5/c1-29(2,3)20-31(7,30(4,5)6)27(33)16-14-23(32)19-35-24-15-13-22-17-25(21-11-9-8-10-12-21)28(34)36-26(22)18-24/h8-13,15,17-18,22-23,26,32H,14,16,19-20H2,1-7H3. The Bertz CT molecular complexity index is 1030. The molecule has 4 atom stereocenters. The lowest BCUT2D eigenvalue weighted by atomic mass is 9.58. The predicted octanol–water partition coefficient (Wildman–Crippen LogP) is 6.28. The molecule has 3 rings (SSSR count). The first-order valence-electron chi connectivity index (χ1n) is 12.9. The van der Waals surface area contributed by atoms with E-state index in [-0.39, 0.29) is 35.1 Å². The molecular weight excluding hydrogens is 452 g/mol. The van der Waals surface area contributed by atoms with Gasteiger partial charge in [0.05, 0.1) is 11.7 Å². The third kappa shape index (κ3) is 6.76. The Morgan fingerprint density at radius 3 is 2.33 bits per heavy atom. The number of esters is 1. The molecule has 36 heavy (non-hydrogen) atoms. The van der Waals surface area contributed by atoms with E-state index >= 15 is 0 Å². The zero-order valence-corrected chi connectivity index (χ0v) is 22.8. The molecule has 0 spiro atoms. The van der Waals surface area contributed by atoms with Crippen molar-refractivity contribution in [3.05, 3.63) is 66.0 Å². The summed E-state index contributed by atoms with van der Waals surface area (Å²) in [6.07, 6.45) is 7.73. The van der Waals surface area contributed by atoms with Gasteiger partial charge in [-0.2, -0.15) is 0 Å². The normalized spacial score (nSPS) is 22.5. The molecule has 196 valence electrons. The van der Waals surface area contributed by atoms with Gasteiger partial charge in [0.25, 0.3) is 0 Å².